The van der Waals surface area contributed by atoms with Gasteiger partial charge in [0.1, 0.15) is 0 Å². The fraction of sp³-hybridized carbons (Fsp3) is 0.667. The third-order valence-electron chi connectivity index (χ3n) is 3.89. The summed E-state index contributed by atoms with van der Waals surface area (Å²) in [6.07, 6.45) is 9.15. The van der Waals surface area contributed by atoms with Crippen LogP contribution in [0, 0.1) is 0 Å². The topological polar surface area (TPSA) is 12.0 Å². The van der Waals surface area contributed by atoms with Gasteiger partial charge in [0.15, 0.2) is 0 Å². The highest BCUT2D eigenvalue weighted by molar-refractivity contribution is 6.30. The molecule has 0 aliphatic carbocycles. The number of hydrogen-bond acceptors (Lipinski definition) is 1. The fourth-order valence-corrected chi connectivity index (χ4v) is 2.85. The molecule has 1 nitrogen and oxygen atoms in total. The summed E-state index contributed by atoms with van der Waals surface area (Å²) in [6.45, 7) is 6.79. The molecule has 1 aromatic carbocycles. The molecule has 0 spiro atoms. The Hall–Kier alpha value is -0.530. The van der Waals surface area contributed by atoms with Gasteiger partial charge in [-0.3, -0.25) is 0 Å². The van der Waals surface area contributed by atoms with Crippen molar-refractivity contribution in [1.82, 2.24) is 5.32 Å². The Balaban J connectivity index is 2.36. The van der Waals surface area contributed by atoms with Crippen molar-refractivity contribution in [2.75, 3.05) is 0 Å². The predicted molar refractivity (Wildman–Crippen MR) is 90.5 cm³/mol. The highest BCUT2D eigenvalue weighted by Gasteiger charge is 2.12. The second-order valence-electron chi connectivity index (χ2n) is 5.79. The summed E-state index contributed by atoms with van der Waals surface area (Å²) < 4.78 is 0. The minimum Gasteiger partial charge on any atom is -0.307 e. The molecular weight excluding hydrogens is 266 g/mol. The third kappa shape index (κ3) is 6.76. The van der Waals surface area contributed by atoms with Gasteiger partial charge in [-0.15, -0.1) is 0 Å². The van der Waals surface area contributed by atoms with Crippen LogP contribution in [0.3, 0.4) is 0 Å². The monoisotopic (exact) mass is 295 g/mol. The lowest BCUT2D eigenvalue weighted by Crippen LogP contribution is -2.30. The number of benzene rings is 1. The molecule has 0 saturated heterocycles. The molecule has 0 bridgehead atoms. The van der Waals surface area contributed by atoms with Crippen LogP contribution in [0.1, 0.15) is 77.3 Å². The summed E-state index contributed by atoms with van der Waals surface area (Å²) in [5.41, 5.74) is 1.30. The van der Waals surface area contributed by atoms with E-state index in [0.717, 1.165) is 11.4 Å². The van der Waals surface area contributed by atoms with E-state index in [4.69, 9.17) is 11.6 Å². The van der Waals surface area contributed by atoms with Crippen LogP contribution in [-0.4, -0.2) is 6.04 Å². The van der Waals surface area contributed by atoms with Crippen molar-refractivity contribution in [3.8, 4) is 0 Å². The van der Waals surface area contributed by atoms with Crippen LogP contribution in [0.25, 0.3) is 0 Å². The molecule has 114 valence electrons. The normalized spacial score (nSPS) is 14.2. The molecular formula is C18H30ClN. The Morgan fingerprint density at radius 3 is 2.50 bits per heavy atom. The molecule has 1 N–H and O–H groups in total. The Morgan fingerprint density at radius 1 is 1.10 bits per heavy atom. The second-order valence-corrected chi connectivity index (χ2v) is 6.22. The van der Waals surface area contributed by atoms with E-state index in [9.17, 15) is 0 Å². The maximum absolute atomic E-state index is 6.09. The van der Waals surface area contributed by atoms with Crippen molar-refractivity contribution in [3.05, 3.63) is 34.9 Å². The van der Waals surface area contributed by atoms with Crippen LogP contribution in [-0.2, 0) is 0 Å². The van der Waals surface area contributed by atoms with Crippen molar-refractivity contribution >= 4 is 11.6 Å². The highest BCUT2D eigenvalue weighted by Crippen LogP contribution is 2.21. The van der Waals surface area contributed by atoms with E-state index in [1.165, 1.54) is 44.1 Å². The first-order chi connectivity index (χ1) is 9.67. The Kier molecular flexibility index (Phi) is 8.97. The van der Waals surface area contributed by atoms with Crippen molar-refractivity contribution < 1.29 is 0 Å². The molecule has 0 amide bonds. The first-order valence-electron chi connectivity index (χ1n) is 8.18. The zero-order valence-corrected chi connectivity index (χ0v) is 14.0. The number of halogens is 1. The van der Waals surface area contributed by atoms with E-state index in [1.807, 2.05) is 12.1 Å². The van der Waals surface area contributed by atoms with Gasteiger partial charge >= 0.3 is 0 Å². The van der Waals surface area contributed by atoms with Crippen LogP contribution in [0.4, 0.5) is 0 Å². The summed E-state index contributed by atoms with van der Waals surface area (Å²) in [5, 5.41) is 4.57. The van der Waals surface area contributed by atoms with Crippen molar-refractivity contribution in [2.24, 2.45) is 0 Å². The minimum absolute atomic E-state index is 0.416. The molecule has 0 aromatic heterocycles. The molecule has 2 heteroatoms. The molecule has 20 heavy (non-hydrogen) atoms. The molecule has 2 atom stereocenters. The Morgan fingerprint density at radius 2 is 1.85 bits per heavy atom. The molecule has 0 aliphatic rings. The minimum atomic E-state index is 0.416. The van der Waals surface area contributed by atoms with Gasteiger partial charge in [-0.25, -0.2) is 0 Å². The zero-order valence-electron chi connectivity index (χ0n) is 13.3. The molecule has 0 aliphatic heterocycles. The van der Waals surface area contributed by atoms with Crippen molar-refractivity contribution in [2.45, 2.75) is 77.8 Å². The van der Waals surface area contributed by atoms with Gasteiger partial charge in [0.05, 0.1) is 0 Å². The first kappa shape index (κ1) is 17.5. The van der Waals surface area contributed by atoms with Crippen molar-refractivity contribution in [1.29, 1.82) is 0 Å². The van der Waals surface area contributed by atoms with Gasteiger partial charge in [0.2, 0.25) is 0 Å². The van der Waals surface area contributed by atoms with Crippen LogP contribution in [0.2, 0.25) is 5.02 Å². The van der Waals surface area contributed by atoms with Crippen LogP contribution < -0.4 is 5.32 Å². The Labute approximate surface area is 130 Å². The molecule has 0 radical (unpaired) electrons. The first-order valence-corrected chi connectivity index (χ1v) is 8.56. The molecule has 0 heterocycles. The summed E-state index contributed by atoms with van der Waals surface area (Å²) >= 11 is 6.09. The lowest BCUT2D eigenvalue weighted by Gasteiger charge is -2.23. The smallest absolute Gasteiger partial charge is 0.0409 e. The molecule has 0 saturated carbocycles. The maximum atomic E-state index is 6.09. The van der Waals surface area contributed by atoms with E-state index in [2.05, 4.69) is 38.2 Å². The van der Waals surface area contributed by atoms with E-state index in [1.54, 1.807) is 0 Å². The third-order valence-corrected chi connectivity index (χ3v) is 4.12. The quantitative estimate of drug-likeness (QED) is 0.512. The molecule has 0 fully saturated rings. The van der Waals surface area contributed by atoms with E-state index in [0.29, 0.717) is 12.1 Å². The van der Waals surface area contributed by atoms with Crippen LogP contribution >= 0.6 is 11.6 Å². The second kappa shape index (κ2) is 10.2. The number of nitrogens with one attached hydrogen (secondary N) is 1. The average Bonchev–Trinajstić information content (AvgIpc) is 2.44. The summed E-state index contributed by atoms with van der Waals surface area (Å²) in [6, 6.07) is 9.21. The predicted octanol–water partition coefficient (Wildman–Crippen LogP) is 6.13. The average molecular weight is 296 g/mol. The van der Waals surface area contributed by atoms with Gasteiger partial charge in [0.25, 0.3) is 0 Å². The lowest BCUT2D eigenvalue weighted by atomic mass is 10.0. The molecule has 1 rings (SSSR count). The molecule has 1 aromatic rings. The van der Waals surface area contributed by atoms with Gasteiger partial charge in [-0.1, -0.05) is 69.7 Å². The number of hydrogen-bond donors (Lipinski definition) is 1. The summed E-state index contributed by atoms with van der Waals surface area (Å²) in [5.74, 6) is 0. The largest absolute Gasteiger partial charge is 0.307 e. The molecule has 2 unspecified atom stereocenters. The van der Waals surface area contributed by atoms with E-state index in [-0.39, 0.29) is 0 Å². The standard InChI is InChI=1S/C18H30ClN/c1-4-6-7-8-9-11-15(3)20-18(5-2)16-12-10-13-17(19)14-16/h10,12-15,18,20H,4-9,11H2,1-3H3. The maximum Gasteiger partial charge on any atom is 0.0409 e. The summed E-state index contributed by atoms with van der Waals surface area (Å²) in [7, 11) is 0. The van der Waals surface area contributed by atoms with E-state index < -0.39 is 0 Å². The number of unbranched alkanes of at least 4 members (excludes halogenated alkanes) is 4. The van der Waals surface area contributed by atoms with Crippen LogP contribution in [0.15, 0.2) is 24.3 Å². The van der Waals surface area contributed by atoms with Crippen molar-refractivity contribution in [3.63, 3.8) is 0 Å². The van der Waals surface area contributed by atoms with Crippen LogP contribution in [0.5, 0.6) is 0 Å². The number of rotatable bonds is 10. The van der Waals surface area contributed by atoms with Gasteiger partial charge < -0.3 is 5.32 Å². The zero-order chi connectivity index (χ0) is 14.8. The van der Waals surface area contributed by atoms with E-state index >= 15 is 0 Å². The summed E-state index contributed by atoms with van der Waals surface area (Å²) in [4.78, 5) is 0. The van der Waals surface area contributed by atoms with Gasteiger partial charge in [-0.05, 0) is 37.5 Å². The van der Waals surface area contributed by atoms with Gasteiger partial charge in [0, 0.05) is 17.1 Å². The van der Waals surface area contributed by atoms with Gasteiger partial charge in [-0.2, -0.15) is 0 Å². The lowest BCUT2D eigenvalue weighted by molar-refractivity contribution is 0.413. The fourth-order valence-electron chi connectivity index (χ4n) is 2.65. The Bertz CT molecular complexity index is 364. The highest BCUT2D eigenvalue weighted by atomic mass is 35.5. The SMILES string of the molecule is CCCCCCCC(C)NC(CC)c1cccc(Cl)c1.